The van der Waals surface area contributed by atoms with Crippen LogP contribution in [-0.2, 0) is 11.4 Å². The van der Waals surface area contributed by atoms with Crippen LogP contribution in [0.3, 0.4) is 0 Å². The highest BCUT2D eigenvalue weighted by Crippen LogP contribution is 2.17. The van der Waals surface area contributed by atoms with Gasteiger partial charge in [-0.15, -0.1) is 0 Å². The number of aldehydes is 1. The number of benzene rings is 1. The molecule has 0 atom stereocenters. The Balaban J connectivity index is 2.33. The van der Waals surface area contributed by atoms with Crippen molar-refractivity contribution in [1.82, 2.24) is 0 Å². The number of carbonyl (C=O) groups is 1. The van der Waals surface area contributed by atoms with Crippen LogP contribution in [0.4, 0.5) is 0 Å². The molecule has 2 rings (SSSR count). The lowest BCUT2D eigenvalue weighted by Crippen LogP contribution is -1.84. The van der Waals surface area contributed by atoms with E-state index in [1.54, 1.807) is 18.2 Å². The van der Waals surface area contributed by atoms with Gasteiger partial charge in [0, 0.05) is 5.57 Å². The fourth-order valence-electron chi connectivity index (χ4n) is 1.53. The molecule has 3 heteroatoms. The van der Waals surface area contributed by atoms with Crippen LogP contribution in [0.5, 0.6) is 0 Å². The Morgan fingerprint density at radius 1 is 1.18 bits per heavy atom. The highest BCUT2D eigenvalue weighted by molar-refractivity contribution is 6.13. The maximum atomic E-state index is 11.0. The van der Waals surface area contributed by atoms with Gasteiger partial charge in [-0.05, 0) is 23.8 Å². The van der Waals surface area contributed by atoms with E-state index in [1.807, 2.05) is 30.3 Å². The third kappa shape index (κ3) is 2.71. The number of aliphatic hydroxyl groups is 1. The summed E-state index contributed by atoms with van der Waals surface area (Å²) < 4.78 is 5.30. The minimum Gasteiger partial charge on any atom is -0.459 e. The molecule has 0 amide bonds. The number of hydrogen-bond acceptors (Lipinski definition) is 3. The van der Waals surface area contributed by atoms with Crippen molar-refractivity contribution in [1.29, 1.82) is 0 Å². The molecule has 1 heterocycles. The zero-order valence-electron chi connectivity index (χ0n) is 9.17. The molecular formula is C14H12O3. The molecule has 1 N–H and O–H groups in total. The van der Waals surface area contributed by atoms with Gasteiger partial charge < -0.3 is 9.52 Å². The van der Waals surface area contributed by atoms with Crippen molar-refractivity contribution in [2.24, 2.45) is 0 Å². The Morgan fingerprint density at radius 2 is 1.94 bits per heavy atom. The quantitative estimate of drug-likeness (QED) is 0.646. The van der Waals surface area contributed by atoms with Crippen LogP contribution in [0, 0.1) is 0 Å². The SMILES string of the molecule is O=C/C(=C/c1ccc(CO)o1)c1ccccc1. The molecule has 1 aromatic carbocycles. The Kier molecular flexibility index (Phi) is 3.52. The van der Waals surface area contributed by atoms with E-state index >= 15 is 0 Å². The Hall–Kier alpha value is -2.13. The topological polar surface area (TPSA) is 50.4 Å². The predicted molar refractivity (Wildman–Crippen MR) is 65.0 cm³/mol. The molecule has 0 aliphatic heterocycles. The number of carbonyl (C=O) groups excluding carboxylic acids is 1. The zero-order chi connectivity index (χ0) is 12.1. The average Bonchev–Trinajstić information content (AvgIpc) is 2.84. The van der Waals surface area contributed by atoms with Crippen LogP contribution in [0.2, 0.25) is 0 Å². The van der Waals surface area contributed by atoms with Crippen molar-refractivity contribution in [3.63, 3.8) is 0 Å². The van der Waals surface area contributed by atoms with Crippen LogP contribution < -0.4 is 0 Å². The second kappa shape index (κ2) is 5.27. The summed E-state index contributed by atoms with van der Waals surface area (Å²) in [7, 11) is 0. The molecule has 0 saturated heterocycles. The first-order chi connectivity index (χ1) is 8.33. The molecule has 0 bridgehead atoms. The van der Waals surface area contributed by atoms with E-state index in [2.05, 4.69) is 0 Å². The first-order valence-electron chi connectivity index (χ1n) is 5.25. The highest BCUT2D eigenvalue weighted by atomic mass is 16.4. The van der Waals surface area contributed by atoms with Crippen molar-refractivity contribution in [2.45, 2.75) is 6.61 Å². The summed E-state index contributed by atoms with van der Waals surface area (Å²) in [6, 6.07) is 12.7. The fourth-order valence-corrected chi connectivity index (χ4v) is 1.53. The minimum absolute atomic E-state index is 0.143. The molecule has 2 aromatic rings. The molecule has 0 unspecified atom stereocenters. The number of aliphatic hydroxyl groups excluding tert-OH is 1. The summed E-state index contributed by atoms with van der Waals surface area (Å²) in [6.07, 6.45) is 2.44. The van der Waals surface area contributed by atoms with Crippen LogP contribution in [0.15, 0.2) is 46.9 Å². The van der Waals surface area contributed by atoms with Crippen molar-refractivity contribution >= 4 is 17.9 Å². The van der Waals surface area contributed by atoms with Crippen molar-refractivity contribution in [3.8, 4) is 0 Å². The third-order valence-electron chi connectivity index (χ3n) is 2.37. The lowest BCUT2D eigenvalue weighted by atomic mass is 10.1. The Morgan fingerprint density at radius 3 is 2.53 bits per heavy atom. The first-order valence-corrected chi connectivity index (χ1v) is 5.25. The Bertz CT molecular complexity index is 523. The van der Waals surface area contributed by atoms with Crippen molar-refractivity contribution in [2.75, 3.05) is 0 Å². The van der Waals surface area contributed by atoms with E-state index in [9.17, 15) is 4.79 Å². The monoisotopic (exact) mass is 228 g/mol. The molecule has 0 saturated carbocycles. The van der Waals surface area contributed by atoms with E-state index in [0.717, 1.165) is 11.8 Å². The normalized spacial score (nSPS) is 11.5. The van der Waals surface area contributed by atoms with Crippen molar-refractivity contribution < 1.29 is 14.3 Å². The number of furan rings is 1. The molecule has 0 aliphatic rings. The van der Waals surface area contributed by atoms with E-state index in [4.69, 9.17) is 9.52 Å². The Labute approximate surface area is 99.0 Å². The van der Waals surface area contributed by atoms with Gasteiger partial charge in [0.2, 0.25) is 0 Å². The smallest absolute Gasteiger partial charge is 0.150 e. The van der Waals surface area contributed by atoms with Crippen LogP contribution in [0.1, 0.15) is 17.1 Å². The summed E-state index contributed by atoms with van der Waals surface area (Å²) in [5.74, 6) is 1.04. The van der Waals surface area contributed by atoms with Gasteiger partial charge in [0.1, 0.15) is 18.1 Å². The first kappa shape index (κ1) is 11.4. The van der Waals surface area contributed by atoms with E-state index < -0.39 is 0 Å². The van der Waals surface area contributed by atoms with Gasteiger partial charge in [-0.1, -0.05) is 30.3 Å². The molecular weight excluding hydrogens is 216 g/mol. The van der Waals surface area contributed by atoms with E-state index in [1.165, 1.54) is 0 Å². The summed E-state index contributed by atoms with van der Waals surface area (Å²) in [5.41, 5.74) is 1.38. The van der Waals surface area contributed by atoms with Gasteiger partial charge in [0.15, 0.2) is 6.29 Å². The molecule has 3 nitrogen and oxygen atoms in total. The molecule has 0 spiro atoms. The predicted octanol–water partition coefficient (Wildman–Crippen LogP) is 2.51. The lowest BCUT2D eigenvalue weighted by molar-refractivity contribution is -0.103. The maximum absolute atomic E-state index is 11.0. The van der Waals surface area contributed by atoms with E-state index in [-0.39, 0.29) is 6.61 Å². The largest absolute Gasteiger partial charge is 0.459 e. The lowest BCUT2D eigenvalue weighted by Gasteiger charge is -1.98. The van der Waals surface area contributed by atoms with Gasteiger partial charge in [0.25, 0.3) is 0 Å². The number of allylic oxidation sites excluding steroid dienone is 1. The molecule has 86 valence electrons. The number of hydrogen-bond donors (Lipinski definition) is 1. The molecule has 1 aromatic heterocycles. The van der Waals surface area contributed by atoms with Gasteiger partial charge in [-0.3, -0.25) is 4.79 Å². The number of rotatable bonds is 4. The van der Waals surface area contributed by atoms with Crippen molar-refractivity contribution in [3.05, 3.63) is 59.5 Å². The molecule has 0 radical (unpaired) electrons. The fraction of sp³-hybridized carbons (Fsp3) is 0.0714. The minimum atomic E-state index is -0.143. The van der Waals surface area contributed by atoms with Gasteiger partial charge in [-0.2, -0.15) is 0 Å². The molecule has 17 heavy (non-hydrogen) atoms. The van der Waals surface area contributed by atoms with Gasteiger partial charge >= 0.3 is 0 Å². The van der Waals surface area contributed by atoms with E-state index in [0.29, 0.717) is 17.1 Å². The average molecular weight is 228 g/mol. The maximum Gasteiger partial charge on any atom is 0.150 e. The van der Waals surface area contributed by atoms with Gasteiger partial charge in [-0.25, -0.2) is 0 Å². The van der Waals surface area contributed by atoms with Crippen LogP contribution in [0.25, 0.3) is 11.6 Å². The zero-order valence-corrected chi connectivity index (χ0v) is 9.17. The molecule has 0 aliphatic carbocycles. The second-order valence-corrected chi connectivity index (χ2v) is 3.55. The van der Waals surface area contributed by atoms with Crippen LogP contribution in [-0.4, -0.2) is 11.4 Å². The van der Waals surface area contributed by atoms with Crippen LogP contribution >= 0.6 is 0 Å². The summed E-state index contributed by atoms with van der Waals surface area (Å²) in [6.45, 7) is -0.143. The summed E-state index contributed by atoms with van der Waals surface area (Å²) in [5, 5.41) is 8.88. The van der Waals surface area contributed by atoms with Gasteiger partial charge in [0.05, 0.1) is 0 Å². The second-order valence-electron chi connectivity index (χ2n) is 3.55. The summed E-state index contributed by atoms with van der Waals surface area (Å²) in [4.78, 5) is 11.0. The molecule has 0 fully saturated rings. The third-order valence-corrected chi connectivity index (χ3v) is 2.37. The summed E-state index contributed by atoms with van der Waals surface area (Å²) >= 11 is 0. The standard InChI is InChI=1S/C14H12O3/c15-9-12(11-4-2-1-3-5-11)8-13-6-7-14(10-16)17-13/h1-9,16H,10H2/b12-8-. The highest BCUT2D eigenvalue weighted by Gasteiger charge is 2.03.